The molecular weight excluding hydrogens is 945 g/mol. The van der Waals surface area contributed by atoms with Crippen molar-refractivity contribution in [3.8, 4) is 0 Å². The number of ether oxygens (including phenoxy) is 6. The first-order chi connectivity index (χ1) is 36.1. The summed E-state index contributed by atoms with van der Waals surface area (Å²) in [7, 11) is 0. The predicted molar refractivity (Wildman–Crippen MR) is 293 cm³/mol. The third-order valence-electron chi connectivity index (χ3n) is 14.4. The van der Waals surface area contributed by atoms with Crippen molar-refractivity contribution in [2.24, 2.45) is 0 Å². The van der Waals surface area contributed by atoms with E-state index in [0.717, 1.165) is 64.2 Å². The van der Waals surface area contributed by atoms with E-state index in [9.17, 15) is 40.5 Å². The lowest BCUT2D eigenvalue weighted by molar-refractivity contribution is -0.332. The maximum absolute atomic E-state index is 13.0. The Kier molecular flexibility index (Phi) is 43.6. The second-order valence-corrected chi connectivity index (χ2v) is 21.2. The first-order valence-electron chi connectivity index (χ1n) is 30.1. The van der Waals surface area contributed by atoms with Crippen molar-refractivity contribution in [1.29, 1.82) is 0 Å². The molecule has 14 heteroatoms. The molecule has 0 spiro atoms. The normalized spacial score (nSPS) is 25.0. The van der Waals surface area contributed by atoms with Crippen LogP contribution >= 0.6 is 0 Å². The highest BCUT2D eigenvalue weighted by atomic mass is 16.7. The average molecular weight is 1060 g/mol. The van der Waals surface area contributed by atoms with Crippen molar-refractivity contribution in [3.63, 3.8) is 0 Å². The van der Waals surface area contributed by atoms with E-state index in [-0.39, 0.29) is 25.6 Å². The summed E-state index contributed by atoms with van der Waals surface area (Å²) < 4.78 is 34.4. The van der Waals surface area contributed by atoms with Gasteiger partial charge in [0.05, 0.1) is 26.4 Å². The van der Waals surface area contributed by atoms with Gasteiger partial charge in [-0.05, 0) is 64.2 Å². The number of hydrogen-bond donors (Lipinski definition) is 7. The van der Waals surface area contributed by atoms with Crippen LogP contribution in [0.4, 0.5) is 0 Å². The van der Waals surface area contributed by atoms with Crippen LogP contribution in [0.15, 0.2) is 36.5 Å². The molecule has 0 amide bonds. The Bertz CT molecular complexity index is 1360. The van der Waals surface area contributed by atoms with Gasteiger partial charge < -0.3 is 64.2 Å². The molecule has 2 aliphatic heterocycles. The highest BCUT2D eigenvalue weighted by Crippen LogP contribution is 2.27. The van der Waals surface area contributed by atoms with Gasteiger partial charge in [0.25, 0.3) is 0 Å². The van der Waals surface area contributed by atoms with E-state index in [1.807, 2.05) is 0 Å². The first-order valence-corrected chi connectivity index (χ1v) is 30.1. The van der Waals surface area contributed by atoms with Crippen LogP contribution in [0, 0.1) is 0 Å². The number of allylic oxidation sites excluding steroid dienone is 6. The van der Waals surface area contributed by atoms with Gasteiger partial charge in [0.1, 0.15) is 54.9 Å². The summed E-state index contributed by atoms with van der Waals surface area (Å²) in [5, 5.41) is 72.3. The van der Waals surface area contributed by atoms with Crippen LogP contribution in [-0.2, 0) is 33.2 Å². The van der Waals surface area contributed by atoms with E-state index in [4.69, 9.17) is 28.4 Å². The molecule has 7 N–H and O–H groups in total. The van der Waals surface area contributed by atoms with E-state index in [0.29, 0.717) is 13.0 Å². The third kappa shape index (κ3) is 33.5. The van der Waals surface area contributed by atoms with Crippen LogP contribution in [-0.4, -0.2) is 142 Å². The molecule has 11 atom stereocenters. The van der Waals surface area contributed by atoms with E-state index in [1.54, 1.807) is 0 Å². The van der Waals surface area contributed by atoms with Crippen molar-refractivity contribution in [1.82, 2.24) is 0 Å². The van der Waals surface area contributed by atoms with Gasteiger partial charge in [-0.25, -0.2) is 0 Å². The first kappa shape index (κ1) is 68.3. The lowest BCUT2D eigenvalue weighted by atomic mass is 9.98. The minimum Gasteiger partial charge on any atom is -0.457 e. The van der Waals surface area contributed by atoms with Crippen LogP contribution in [0.5, 0.6) is 0 Å². The lowest BCUT2D eigenvalue weighted by Crippen LogP contribution is -2.61. The minimum atomic E-state index is -1.71. The van der Waals surface area contributed by atoms with Crippen LogP contribution in [0.3, 0.4) is 0 Å². The van der Waals surface area contributed by atoms with E-state index < -0.39 is 80.7 Å². The van der Waals surface area contributed by atoms with Crippen molar-refractivity contribution in [2.45, 2.75) is 306 Å². The number of aliphatic hydroxyl groups excluding tert-OH is 7. The fourth-order valence-corrected chi connectivity index (χ4v) is 9.47. The summed E-state index contributed by atoms with van der Waals surface area (Å²) >= 11 is 0. The molecular formula is C60H110O14. The molecule has 14 nitrogen and oxygen atoms in total. The van der Waals surface area contributed by atoms with E-state index in [1.165, 1.54) is 148 Å². The van der Waals surface area contributed by atoms with Crippen molar-refractivity contribution < 1.29 is 69.0 Å². The fraction of sp³-hybridized carbons (Fsp3) is 0.883. The summed E-state index contributed by atoms with van der Waals surface area (Å²) in [6.07, 6.45) is 39.3. The highest BCUT2D eigenvalue weighted by Gasteiger charge is 2.47. The van der Waals surface area contributed by atoms with Crippen LogP contribution in [0.2, 0.25) is 0 Å². The molecule has 11 unspecified atom stereocenters. The zero-order valence-corrected chi connectivity index (χ0v) is 46.6. The second-order valence-electron chi connectivity index (χ2n) is 21.2. The molecule has 2 saturated heterocycles. The number of esters is 1. The van der Waals surface area contributed by atoms with Gasteiger partial charge in [-0.3, -0.25) is 4.79 Å². The molecule has 0 aromatic rings. The fourth-order valence-electron chi connectivity index (χ4n) is 9.47. The summed E-state index contributed by atoms with van der Waals surface area (Å²) in [6.45, 7) is 3.66. The summed E-state index contributed by atoms with van der Waals surface area (Å²) in [4.78, 5) is 13.0. The standard InChI is InChI=1S/C60H110O14/c1-3-5-7-9-11-13-15-17-19-20-21-22-23-24-25-26-27-28-29-30-32-34-36-38-40-42-44-69-46-49(72-52(62)43-41-39-37-35-33-31-18-16-14-12-10-8-6-4-2)47-70-59-58(68)56(66)54(64)51(74-59)48-71-60-57(67)55(65)53(63)50(45-61)73-60/h10,12,16,18,20-21,49-51,53-61,63-68H,3-9,11,13-15,17,19,22-48H2,1-2H3/b12-10-,18-16-,21-20-. The Labute approximate surface area is 449 Å². The van der Waals surface area contributed by atoms with Gasteiger partial charge in [-0.15, -0.1) is 0 Å². The van der Waals surface area contributed by atoms with Gasteiger partial charge in [-0.2, -0.15) is 0 Å². The maximum Gasteiger partial charge on any atom is 0.306 e. The molecule has 2 aliphatic rings. The molecule has 0 saturated carbocycles. The van der Waals surface area contributed by atoms with Crippen LogP contribution < -0.4 is 0 Å². The van der Waals surface area contributed by atoms with Crippen molar-refractivity contribution in [3.05, 3.63) is 36.5 Å². The number of rotatable bonds is 49. The Morgan fingerprint density at radius 1 is 0.446 bits per heavy atom. The number of hydrogen-bond acceptors (Lipinski definition) is 14. The molecule has 0 aromatic carbocycles. The molecule has 0 aromatic heterocycles. The number of unbranched alkanes of at least 4 members (excludes halogenated alkanes) is 29. The summed E-state index contributed by atoms with van der Waals surface area (Å²) in [5.74, 6) is -0.387. The van der Waals surface area contributed by atoms with Crippen molar-refractivity contribution in [2.75, 3.05) is 33.0 Å². The number of carbonyl (C=O) groups is 1. The van der Waals surface area contributed by atoms with E-state index in [2.05, 4.69) is 50.3 Å². The maximum atomic E-state index is 13.0. The van der Waals surface area contributed by atoms with Gasteiger partial charge in [0, 0.05) is 13.0 Å². The average Bonchev–Trinajstić information content (AvgIpc) is 3.40. The zero-order valence-electron chi connectivity index (χ0n) is 46.6. The predicted octanol–water partition coefficient (Wildman–Crippen LogP) is 10.9. The topological polar surface area (TPSA) is 214 Å². The number of carbonyl (C=O) groups excluding carboxylic acids is 1. The summed E-state index contributed by atoms with van der Waals surface area (Å²) in [5.41, 5.74) is 0. The Balaban J connectivity index is 1.66. The smallest absolute Gasteiger partial charge is 0.306 e. The van der Waals surface area contributed by atoms with Gasteiger partial charge in [0.2, 0.25) is 0 Å². The van der Waals surface area contributed by atoms with E-state index >= 15 is 0 Å². The minimum absolute atomic E-state index is 0.0578. The van der Waals surface area contributed by atoms with Gasteiger partial charge >= 0.3 is 5.97 Å². The largest absolute Gasteiger partial charge is 0.457 e. The molecule has 74 heavy (non-hydrogen) atoms. The third-order valence-corrected chi connectivity index (χ3v) is 14.4. The monoisotopic (exact) mass is 1050 g/mol. The lowest BCUT2D eigenvalue weighted by Gasteiger charge is -2.42. The molecule has 2 heterocycles. The Morgan fingerprint density at radius 2 is 0.851 bits per heavy atom. The second kappa shape index (κ2) is 47.2. The molecule has 2 rings (SSSR count). The number of aliphatic hydroxyl groups is 7. The van der Waals surface area contributed by atoms with Crippen molar-refractivity contribution >= 4 is 5.97 Å². The highest BCUT2D eigenvalue weighted by molar-refractivity contribution is 5.69. The SMILES string of the molecule is CCCC/C=C\C/C=C\CCCCCCCC(=O)OC(COCCCCCCCCCCCCCCCC/C=C\CCCCCCCCCC)COC1OC(COC2OC(CO)C(O)C(O)C2O)C(O)C(O)C1O. The van der Waals surface area contributed by atoms with Gasteiger partial charge in [0.15, 0.2) is 12.6 Å². The molecule has 2 fully saturated rings. The van der Waals surface area contributed by atoms with Gasteiger partial charge in [-0.1, -0.05) is 204 Å². The zero-order chi connectivity index (χ0) is 53.7. The molecule has 0 bridgehead atoms. The molecule has 0 radical (unpaired) electrons. The summed E-state index contributed by atoms with van der Waals surface area (Å²) in [6, 6.07) is 0. The van der Waals surface area contributed by atoms with Crippen LogP contribution in [0.1, 0.15) is 239 Å². The molecule has 434 valence electrons. The Morgan fingerprint density at radius 3 is 1.35 bits per heavy atom. The molecule has 0 aliphatic carbocycles. The quantitative estimate of drug-likeness (QED) is 0.0172. The van der Waals surface area contributed by atoms with Crippen LogP contribution in [0.25, 0.3) is 0 Å². The Hall–Kier alpha value is -1.79.